The van der Waals surface area contributed by atoms with Crippen molar-refractivity contribution >= 4 is 29.0 Å². The van der Waals surface area contributed by atoms with Gasteiger partial charge in [-0.25, -0.2) is 0 Å². The van der Waals surface area contributed by atoms with E-state index in [1.54, 1.807) is 0 Å². The average molecular weight is 371 g/mol. The Morgan fingerprint density at radius 3 is 3.00 bits per heavy atom. The smallest absolute Gasteiger partial charge is 0.256 e. The maximum absolute atomic E-state index is 13.3. The molecule has 1 aromatic carbocycles. The Balaban J connectivity index is 1.54. The maximum Gasteiger partial charge on any atom is 0.256 e. The molecule has 3 aliphatic rings. The van der Waals surface area contributed by atoms with Gasteiger partial charge in [-0.2, -0.15) is 9.78 Å². The standard InChI is InChI=1S/C20H23ClN4O/c1-11-9-20(6-7-20)10-14-16(11)24-25(18(14)22)19(26)13-5-8-23-17-12(13)3-2-4-15(17)21/h2-4,11,13,23H,5-10,22H2,1H3/t11-,13?/m0/s1. The number of nitrogens with zero attached hydrogens (tertiary/aromatic N) is 2. The van der Waals surface area contributed by atoms with E-state index in [4.69, 9.17) is 17.3 Å². The van der Waals surface area contributed by atoms with Gasteiger partial charge in [0.05, 0.1) is 22.3 Å². The normalized spacial score (nSPS) is 25.3. The van der Waals surface area contributed by atoms with Gasteiger partial charge in [-0.3, -0.25) is 4.79 Å². The van der Waals surface area contributed by atoms with Crippen LogP contribution in [0.1, 0.15) is 66.1 Å². The Morgan fingerprint density at radius 2 is 2.23 bits per heavy atom. The van der Waals surface area contributed by atoms with Crippen molar-refractivity contribution in [3.8, 4) is 0 Å². The first-order valence-corrected chi connectivity index (χ1v) is 9.81. The summed E-state index contributed by atoms with van der Waals surface area (Å²) in [6, 6.07) is 5.71. The van der Waals surface area contributed by atoms with Crippen LogP contribution in [0.5, 0.6) is 0 Å². The topological polar surface area (TPSA) is 72.9 Å². The molecule has 5 rings (SSSR count). The lowest BCUT2D eigenvalue weighted by Crippen LogP contribution is -2.28. The van der Waals surface area contributed by atoms with Gasteiger partial charge in [0.25, 0.3) is 5.91 Å². The third-order valence-electron chi connectivity index (χ3n) is 6.43. The van der Waals surface area contributed by atoms with Crippen molar-refractivity contribution in [3.05, 3.63) is 40.0 Å². The van der Waals surface area contributed by atoms with Gasteiger partial charge in [-0.05, 0) is 49.1 Å². The van der Waals surface area contributed by atoms with E-state index in [0.717, 1.165) is 41.8 Å². The summed E-state index contributed by atoms with van der Waals surface area (Å²) in [6.45, 7) is 2.92. The van der Waals surface area contributed by atoms with Gasteiger partial charge < -0.3 is 11.1 Å². The quantitative estimate of drug-likeness (QED) is 0.789. The van der Waals surface area contributed by atoms with Crippen LogP contribution in [-0.4, -0.2) is 22.2 Å². The fraction of sp³-hybridized carbons (Fsp3) is 0.500. The molecule has 0 radical (unpaired) electrons. The van der Waals surface area contributed by atoms with Crippen LogP contribution in [0.4, 0.5) is 11.5 Å². The van der Waals surface area contributed by atoms with E-state index in [1.807, 2.05) is 18.2 Å². The lowest BCUT2D eigenvalue weighted by atomic mass is 9.79. The monoisotopic (exact) mass is 370 g/mol. The molecule has 0 bridgehead atoms. The highest BCUT2D eigenvalue weighted by atomic mass is 35.5. The Kier molecular flexibility index (Phi) is 3.42. The van der Waals surface area contributed by atoms with Crippen LogP contribution in [0, 0.1) is 5.41 Å². The maximum atomic E-state index is 13.3. The summed E-state index contributed by atoms with van der Waals surface area (Å²) in [6.07, 6.45) is 5.40. The number of hydrogen-bond acceptors (Lipinski definition) is 4. The van der Waals surface area contributed by atoms with Crippen molar-refractivity contribution in [2.75, 3.05) is 17.6 Å². The summed E-state index contributed by atoms with van der Waals surface area (Å²) >= 11 is 6.31. The summed E-state index contributed by atoms with van der Waals surface area (Å²) < 4.78 is 1.48. The molecule has 1 unspecified atom stereocenters. The highest BCUT2D eigenvalue weighted by Crippen LogP contribution is 2.58. The largest absolute Gasteiger partial charge is 0.384 e. The number of halogens is 1. The molecule has 2 atom stereocenters. The molecule has 2 heterocycles. The Bertz CT molecular complexity index is 915. The molecule has 1 spiro atoms. The summed E-state index contributed by atoms with van der Waals surface area (Å²) in [4.78, 5) is 13.3. The Hall–Kier alpha value is -2.01. The van der Waals surface area contributed by atoms with Crippen molar-refractivity contribution in [1.82, 2.24) is 9.78 Å². The molecule has 136 valence electrons. The van der Waals surface area contributed by atoms with Crippen LogP contribution < -0.4 is 11.1 Å². The molecule has 0 saturated heterocycles. The van der Waals surface area contributed by atoms with E-state index in [-0.39, 0.29) is 11.8 Å². The second-order valence-corrected chi connectivity index (χ2v) is 8.66. The number of carbonyl (C=O) groups excluding carboxylic acids is 1. The van der Waals surface area contributed by atoms with E-state index in [2.05, 4.69) is 17.3 Å². The predicted molar refractivity (Wildman–Crippen MR) is 103 cm³/mol. The first kappa shape index (κ1) is 16.2. The molecule has 1 fully saturated rings. The number of rotatable bonds is 1. The first-order valence-electron chi connectivity index (χ1n) is 9.43. The van der Waals surface area contributed by atoms with E-state index in [0.29, 0.717) is 28.7 Å². The number of carbonyl (C=O) groups is 1. The highest BCUT2D eigenvalue weighted by Gasteiger charge is 2.49. The lowest BCUT2D eigenvalue weighted by molar-refractivity contribution is 0.0859. The van der Waals surface area contributed by atoms with Gasteiger partial charge in [-0.15, -0.1) is 0 Å². The minimum absolute atomic E-state index is 0.0426. The van der Waals surface area contributed by atoms with Gasteiger partial charge in [-0.1, -0.05) is 30.7 Å². The van der Waals surface area contributed by atoms with Crippen LogP contribution in [0.3, 0.4) is 0 Å². The van der Waals surface area contributed by atoms with Crippen LogP contribution in [0.15, 0.2) is 18.2 Å². The molecule has 1 saturated carbocycles. The number of nitrogens with two attached hydrogens (primary N) is 1. The third kappa shape index (κ3) is 2.29. The summed E-state index contributed by atoms with van der Waals surface area (Å²) in [7, 11) is 0. The van der Waals surface area contributed by atoms with Gasteiger partial charge >= 0.3 is 0 Å². The average Bonchev–Trinajstić information content (AvgIpc) is 3.29. The van der Waals surface area contributed by atoms with Gasteiger partial charge in [0.2, 0.25) is 0 Å². The van der Waals surface area contributed by atoms with Crippen molar-refractivity contribution in [2.24, 2.45) is 5.41 Å². The van der Waals surface area contributed by atoms with E-state index < -0.39 is 0 Å². The Labute approximate surface area is 157 Å². The minimum Gasteiger partial charge on any atom is -0.384 e. The van der Waals surface area contributed by atoms with E-state index >= 15 is 0 Å². The van der Waals surface area contributed by atoms with Gasteiger partial charge in [0.1, 0.15) is 5.82 Å². The number of nitrogens with one attached hydrogen (secondary N) is 1. The predicted octanol–water partition coefficient (Wildman–Crippen LogP) is 4.19. The summed E-state index contributed by atoms with van der Waals surface area (Å²) in [5.41, 5.74) is 10.8. The zero-order valence-electron chi connectivity index (χ0n) is 14.9. The third-order valence-corrected chi connectivity index (χ3v) is 6.75. The Morgan fingerprint density at radius 1 is 1.42 bits per heavy atom. The first-order chi connectivity index (χ1) is 12.5. The van der Waals surface area contributed by atoms with Crippen LogP contribution in [-0.2, 0) is 6.42 Å². The van der Waals surface area contributed by atoms with Crippen LogP contribution in [0.25, 0.3) is 0 Å². The number of benzene rings is 1. The lowest BCUT2D eigenvalue weighted by Gasteiger charge is -2.26. The fourth-order valence-electron chi connectivity index (χ4n) is 4.90. The number of hydrogen-bond donors (Lipinski definition) is 2. The summed E-state index contributed by atoms with van der Waals surface area (Å²) in [5, 5.41) is 8.65. The molecule has 3 N–H and O–H groups in total. The van der Waals surface area contributed by atoms with Crippen molar-refractivity contribution < 1.29 is 4.79 Å². The number of anilines is 2. The number of aromatic nitrogens is 2. The molecule has 1 aromatic heterocycles. The van der Waals surface area contributed by atoms with Crippen molar-refractivity contribution in [2.45, 2.75) is 50.9 Å². The molecule has 26 heavy (non-hydrogen) atoms. The van der Waals surface area contributed by atoms with Gasteiger partial charge in [0, 0.05) is 18.0 Å². The number of fused-ring (bicyclic) bond motifs is 2. The van der Waals surface area contributed by atoms with Crippen molar-refractivity contribution in [3.63, 3.8) is 0 Å². The van der Waals surface area contributed by atoms with Crippen LogP contribution >= 0.6 is 11.6 Å². The molecular formula is C20H23ClN4O. The SMILES string of the molecule is C[C@H]1CC2(CC2)Cc2c1nn(C(=O)C1CCNc3c(Cl)cccc31)c2N. The molecule has 1 aliphatic heterocycles. The zero-order chi connectivity index (χ0) is 18.1. The zero-order valence-corrected chi connectivity index (χ0v) is 15.6. The van der Waals surface area contributed by atoms with Crippen molar-refractivity contribution in [1.29, 1.82) is 0 Å². The molecule has 5 nitrogen and oxygen atoms in total. The number of para-hydroxylation sites is 1. The minimum atomic E-state index is -0.265. The summed E-state index contributed by atoms with van der Waals surface area (Å²) in [5.74, 6) is 0.607. The molecule has 6 heteroatoms. The van der Waals surface area contributed by atoms with Gasteiger partial charge in [0.15, 0.2) is 0 Å². The van der Waals surface area contributed by atoms with E-state index in [1.165, 1.54) is 17.5 Å². The highest BCUT2D eigenvalue weighted by molar-refractivity contribution is 6.33. The second-order valence-electron chi connectivity index (χ2n) is 8.25. The fourth-order valence-corrected chi connectivity index (χ4v) is 5.14. The molecular weight excluding hydrogens is 348 g/mol. The van der Waals surface area contributed by atoms with E-state index in [9.17, 15) is 4.79 Å². The molecule has 0 amide bonds. The second kappa shape index (κ2) is 5.49. The number of nitrogen functional groups attached to an aromatic ring is 1. The molecule has 2 aromatic rings. The van der Waals surface area contributed by atoms with Crippen LogP contribution in [0.2, 0.25) is 5.02 Å². The molecule has 2 aliphatic carbocycles.